The highest BCUT2D eigenvalue weighted by molar-refractivity contribution is 7.13. The van der Waals surface area contributed by atoms with E-state index in [-0.39, 0.29) is 30.6 Å². The van der Waals surface area contributed by atoms with Gasteiger partial charge in [-0.25, -0.2) is 9.37 Å². The van der Waals surface area contributed by atoms with E-state index >= 15 is 0 Å². The molecule has 1 aliphatic rings. The van der Waals surface area contributed by atoms with Crippen LogP contribution in [0.4, 0.5) is 4.39 Å². The molecule has 6 nitrogen and oxygen atoms in total. The number of hydrogen-bond donors (Lipinski definition) is 2. The van der Waals surface area contributed by atoms with Gasteiger partial charge in [-0.2, -0.15) is 0 Å². The summed E-state index contributed by atoms with van der Waals surface area (Å²) in [6.45, 7) is 1.22. The first kappa shape index (κ1) is 19.4. The summed E-state index contributed by atoms with van der Waals surface area (Å²) in [4.78, 5) is 28.1. The van der Waals surface area contributed by atoms with Crippen LogP contribution in [-0.2, 0) is 20.7 Å². The standard InChI is InChI=1S/C19H21FN2O4S/c20-14-3-1-2-13(8-14)18-22-15(11-27-18)9-17(23)21-10-16(19(24)25)12-4-6-26-7-5-12/h1-3,8,11-12,16H,4-7,9-10H2,(H,21,23)(H,24,25). The lowest BCUT2D eigenvalue weighted by Crippen LogP contribution is -2.39. The molecule has 2 N–H and O–H groups in total. The largest absolute Gasteiger partial charge is 0.481 e. The van der Waals surface area contributed by atoms with E-state index in [4.69, 9.17) is 4.74 Å². The number of rotatable bonds is 7. The summed E-state index contributed by atoms with van der Waals surface area (Å²) in [6.07, 6.45) is 1.44. The first-order chi connectivity index (χ1) is 13.0. The van der Waals surface area contributed by atoms with Crippen molar-refractivity contribution in [3.8, 4) is 10.6 Å². The fourth-order valence-electron chi connectivity index (χ4n) is 3.17. The molecule has 1 aliphatic heterocycles. The molecular weight excluding hydrogens is 371 g/mol. The summed E-state index contributed by atoms with van der Waals surface area (Å²) in [7, 11) is 0. The molecule has 0 saturated carbocycles. The topological polar surface area (TPSA) is 88.5 Å². The van der Waals surface area contributed by atoms with Gasteiger partial charge in [-0.1, -0.05) is 12.1 Å². The Kier molecular flexibility index (Phi) is 6.52. The molecule has 0 bridgehead atoms. The number of amides is 1. The molecule has 1 aromatic heterocycles. The molecule has 0 spiro atoms. The number of carboxylic acids is 1. The van der Waals surface area contributed by atoms with E-state index in [2.05, 4.69) is 10.3 Å². The van der Waals surface area contributed by atoms with E-state index in [9.17, 15) is 19.1 Å². The molecule has 2 heterocycles. The molecule has 1 saturated heterocycles. The average Bonchev–Trinajstić information content (AvgIpc) is 3.11. The first-order valence-electron chi connectivity index (χ1n) is 8.80. The highest BCUT2D eigenvalue weighted by Gasteiger charge is 2.30. The lowest BCUT2D eigenvalue weighted by Gasteiger charge is -2.27. The summed E-state index contributed by atoms with van der Waals surface area (Å²) < 4.78 is 18.6. The highest BCUT2D eigenvalue weighted by atomic mass is 32.1. The Morgan fingerprint density at radius 2 is 2.15 bits per heavy atom. The second-order valence-electron chi connectivity index (χ2n) is 6.53. The molecule has 8 heteroatoms. The third kappa shape index (κ3) is 5.33. The number of benzene rings is 1. The van der Waals surface area contributed by atoms with Crippen LogP contribution < -0.4 is 5.32 Å². The first-order valence-corrected chi connectivity index (χ1v) is 9.68. The van der Waals surface area contributed by atoms with Crippen molar-refractivity contribution in [2.45, 2.75) is 19.3 Å². The molecule has 144 valence electrons. The number of nitrogens with zero attached hydrogens (tertiary/aromatic N) is 1. The average molecular weight is 392 g/mol. The third-order valence-electron chi connectivity index (χ3n) is 4.64. The number of nitrogens with one attached hydrogen (secondary N) is 1. The number of hydrogen-bond acceptors (Lipinski definition) is 5. The lowest BCUT2D eigenvalue weighted by molar-refractivity contribution is -0.144. The highest BCUT2D eigenvalue weighted by Crippen LogP contribution is 2.25. The minimum Gasteiger partial charge on any atom is -0.481 e. The molecule has 2 aromatic rings. The summed E-state index contributed by atoms with van der Waals surface area (Å²) in [5.41, 5.74) is 1.24. The molecule has 1 aromatic carbocycles. The van der Waals surface area contributed by atoms with E-state index in [1.54, 1.807) is 17.5 Å². The maximum atomic E-state index is 13.3. The van der Waals surface area contributed by atoms with Crippen LogP contribution in [0.15, 0.2) is 29.6 Å². The van der Waals surface area contributed by atoms with Gasteiger partial charge in [0.15, 0.2) is 0 Å². The van der Waals surface area contributed by atoms with Crippen molar-refractivity contribution in [2.24, 2.45) is 11.8 Å². The predicted molar refractivity (Wildman–Crippen MR) is 98.9 cm³/mol. The molecule has 0 radical (unpaired) electrons. The molecule has 1 atom stereocenters. The van der Waals surface area contributed by atoms with Crippen LogP contribution in [0.2, 0.25) is 0 Å². The quantitative estimate of drug-likeness (QED) is 0.756. The van der Waals surface area contributed by atoms with Crippen molar-refractivity contribution >= 4 is 23.2 Å². The zero-order valence-electron chi connectivity index (χ0n) is 14.7. The fourth-order valence-corrected chi connectivity index (χ4v) is 3.98. The van der Waals surface area contributed by atoms with Crippen LogP contribution in [0.5, 0.6) is 0 Å². The van der Waals surface area contributed by atoms with Gasteiger partial charge in [-0.05, 0) is 30.9 Å². The van der Waals surface area contributed by atoms with Crippen molar-refractivity contribution in [1.82, 2.24) is 10.3 Å². The van der Waals surface area contributed by atoms with E-state index in [0.717, 1.165) is 0 Å². The molecule has 3 rings (SSSR count). The minimum absolute atomic E-state index is 0.00963. The molecule has 1 fully saturated rings. The zero-order valence-corrected chi connectivity index (χ0v) is 15.5. The van der Waals surface area contributed by atoms with E-state index in [1.807, 2.05) is 0 Å². The number of thiazole rings is 1. The minimum atomic E-state index is -0.899. The Bertz CT molecular complexity index is 805. The second-order valence-corrected chi connectivity index (χ2v) is 7.39. The zero-order chi connectivity index (χ0) is 19.2. The van der Waals surface area contributed by atoms with Crippen LogP contribution in [0.25, 0.3) is 10.6 Å². The Labute approximate surface area is 160 Å². The van der Waals surface area contributed by atoms with Crippen LogP contribution in [0.3, 0.4) is 0 Å². The third-order valence-corrected chi connectivity index (χ3v) is 5.58. The van der Waals surface area contributed by atoms with Crippen molar-refractivity contribution in [1.29, 1.82) is 0 Å². The van der Waals surface area contributed by atoms with Gasteiger partial charge in [0.25, 0.3) is 0 Å². The van der Waals surface area contributed by atoms with E-state index in [1.165, 1.54) is 23.5 Å². The summed E-state index contributed by atoms with van der Waals surface area (Å²) in [6, 6.07) is 6.13. The second kappa shape index (κ2) is 9.05. The van der Waals surface area contributed by atoms with E-state index < -0.39 is 11.9 Å². The summed E-state index contributed by atoms with van der Waals surface area (Å²) in [5.74, 6) is -2.12. The molecular formula is C19H21FN2O4S. The molecule has 27 heavy (non-hydrogen) atoms. The molecule has 1 amide bonds. The van der Waals surface area contributed by atoms with Gasteiger partial charge in [0, 0.05) is 30.7 Å². The maximum Gasteiger partial charge on any atom is 0.308 e. The Morgan fingerprint density at radius 3 is 2.85 bits per heavy atom. The predicted octanol–water partition coefficient (Wildman–Crippen LogP) is 2.74. The number of ether oxygens (including phenoxy) is 1. The number of aromatic nitrogens is 1. The van der Waals surface area contributed by atoms with Gasteiger partial charge in [0.2, 0.25) is 5.91 Å². The maximum absolute atomic E-state index is 13.3. The van der Waals surface area contributed by atoms with E-state index in [0.29, 0.717) is 42.3 Å². The lowest BCUT2D eigenvalue weighted by atomic mass is 9.86. The van der Waals surface area contributed by atoms with Crippen LogP contribution >= 0.6 is 11.3 Å². The van der Waals surface area contributed by atoms with Gasteiger partial charge in [-0.3, -0.25) is 9.59 Å². The van der Waals surface area contributed by atoms with Gasteiger partial charge in [-0.15, -0.1) is 11.3 Å². The summed E-state index contributed by atoms with van der Waals surface area (Å²) >= 11 is 1.34. The SMILES string of the molecule is O=C(Cc1csc(-c2cccc(F)c2)n1)NCC(C(=O)O)C1CCOCC1. The number of carbonyl (C=O) groups is 2. The Hall–Kier alpha value is -2.32. The molecule has 0 aliphatic carbocycles. The Balaban J connectivity index is 1.55. The van der Waals surface area contributed by atoms with Crippen LogP contribution in [-0.4, -0.2) is 41.7 Å². The summed E-state index contributed by atoms with van der Waals surface area (Å²) in [5, 5.41) is 14.6. The normalized spacial score (nSPS) is 16.0. The van der Waals surface area contributed by atoms with Crippen molar-refractivity contribution < 1.29 is 23.8 Å². The van der Waals surface area contributed by atoms with Crippen LogP contribution in [0, 0.1) is 17.7 Å². The van der Waals surface area contributed by atoms with Crippen molar-refractivity contribution in [3.05, 3.63) is 41.2 Å². The van der Waals surface area contributed by atoms with Crippen LogP contribution in [0.1, 0.15) is 18.5 Å². The van der Waals surface area contributed by atoms with Gasteiger partial charge >= 0.3 is 5.97 Å². The Morgan fingerprint density at radius 1 is 1.37 bits per heavy atom. The fraction of sp³-hybridized carbons (Fsp3) is 0.421. The number of carbonyl (C=O) groups excluding carboxylic acids is 1. The number of carboxylic acid groups (broad SMARTS) is 1. The van der Waals surface area contributed by atoms with Gasteiger partial charge in [0.1, 0.15) is 10.8 Å². The van der Waals surface area contributed by atoms with Crippen molar-refractivity contribution in [3.63, 3.8) is 0 Å². The smallest absolute Gasteiger partial charge is 0.308 e. The number of halogens is 1. The van der Waals surface area contributed by atoms with Gasteiger partial charge < -0.3 is 15.2 Å². The number of aliphatic carboxylic acids is 1. The molecule has 1 unspecified atom stereocenters. The monoisotopic (exact) mass is 392 g/mol. The van der Waals surface area contributed by atoms with Crippen molar-refractivity contribution in [2.75, 3.05) is 19.8 Å². The van der Waals surface area contributed by atoms with Gasteiger partial charge in [0.05, 0.1) is 18.0 Å².